The number of hydrogen-bond donors (Lipinski definition) is 1. The molecule has 0 aromatic heterocycles. The maximum Gasteiger partial charge on any atom is 0.410 e. The molecule has 4 atom stereocenters. The maximum absolute atomic E-state index is 12.8. The largest absolute Gasteiger partial charge is 0.504 e. The first kappa shape index (κ1) is 19.4. The molecule has 0 radical (unpaired) electrons. The summed E-state index contributed by atoms with van der Waals surface area (Å²) in [5.74, 6) is 0.742. The molecule has 0 unspecified atom stereocenters. The molecule has 0 spiro atoms. The average Bonchev–Trinajstić information content (AvgIpc) is 2.59. The van der Waals surface area contributed by atoms with Gasteiger partial charge in [0, 0.05) is 18.0 Å². The summed E-state index contributed by atoms with van der Waals surface area (Å²) < 4.78 is 18.4. The molecule has 28 heavy (non-hydrogen) atoms. The van der Waals surface area contributed by atoms with E-state index in [1.54, 1.807) is 6.07 Å². The van der Waals surface area contributed by atoms with Crippen LogP contribution >= 0.6 is 0 Å². The highest BCUT2D eigenvalue weighted by Crippen LogP contribution is 2.54. The molecule has 2 fully saturated rings. The molecule has 6 nitrogen and oxygen atoms in total. The van der Waals surface area contributed by atoms with Crippen molar-refractivity contribution in [2.75, 3.05) is 6.54 Å². The second kappa shape index (κ2) is 6.55. The predicted octanol–water partition coefficient (Wildman–Crippen LogP) is 4.41. The van der Waals surface area contributed by atoms with Gasteiger partial charge in [-0.2, -0.15) is 0 Å². The van der Waals surface area contributed by atoms with Gasteiger partial charge >= 0.3 is 6.09 Å². The number of phenols is 1. The molecule has 0 aliphatic carbocycles. The van der Waals surface area contributed by atoms with E-state index in [2.05, 4.69) is 0 Å². The Morgan fingerprint density at radius 1 is 1.32 bits per heavy atom. The van der Waals surface area contributed by atoms with Gasteiger partial charge in [-0.3, -0.25) is 0 Å². The van der Waals surface area contributed by atoms with E-state index in [9.17, 15) is 9.90 Å². The number of piperidine rings is 1. The Morgan fingerprint density at radius 2 is 2.07 bits per heavy atom. The third kappa shape index (κ3) is 3.32. The number of ether oxygens (including phenoxy) is 3. The van der Waals surface area contributed by atoms with E-state index in [1.807, 2.05) is 51.7 Å². The molecule has 3 heterocycles. The number of nitrogens with zero attached hydrogens (tertiary/aromatic N) is 1. The van der Waals surface area contributed by atoms with Crippen molar-refractivity contribution < 1.29 is 24.1 Å². The summed E-state index contributed by atoms with van der Waals surface area (Å²) in [6, 6.07) is 5.42. The Bertz CT molecular complexity index is 769. The van der Waals surface area contributed by atoms with Crippen LogP contribution in [0.4, 0.5) is 4.79 Å². The highest BCUT2D eigenvalue weighted by molar-refractivity contribution is 5.69. The topological polar surface area (TPSA) is 68.2 Å². The number of rotatable bonds is 0. The lowest BCUT2D eigenvalue weighted by molar-refractivity contribution is -0.186. The Balaban J connectivity index is 1.64. The van der Waals surface area contributed by atoms with Gasteiger partial charge in [-0.15, -0.1) is 0 Å². The van der Waals surface area contributed by atoms with Crippen LogP contribution in [-0.2, 0) is 9.47 Å². The average molecular weight is 389 g/mol. The number of carbonyl (C=O) groups is 1. The second-order valence-electron chi connectivity index (χ2n) is 9.72. The number of carbonyl (C=O) groups excluding carboxylic acids is 1. The Kier molecular flexibility index (Phi) is 4.53. The van der Waals surface area contributed by atoms with Gasteiger partial charge in [-0.05, 0) is 59.9 Å². The smallest absolute Gasteiger partial charge is 0.410 e. The van der Waals surface area contributed by atoms with Gasteiger partial charge < -0.3 is 24.2 Å². The summed E-state index contributed by atoms with van der Waals surface area (Å²) in [7, 11) is 0. The second-order valence-corrected chi connectivity index (χ2v) is 9.72. The molecule has 154 valence electrons. The lowest BCUT2D eigenvalue weighted by Crippen LogP contribution is -2.60. The van der Waals surface area contributed by atoms with Crippen LogP contribution in [0.1, 0.15) is 65.5 Å². The van der Waals surface area contributed by atoms with Crippen LogP contribution in [0, 0.1) is 5.92 Å². The van der Waals surface area contributed by atoms with E-state index in [-0.39, 0.29) is 36.0 Å². The Labute approximate surface area is 166 Å². The van der Waals surface area contributed by atoms with Crippen molar-refractivity contribution in [2.24, 2.45) is 5.92 Å². The van der Waals surface area contributed by atoms with Gasteiger partial charge in [0.05, 0.1) is 18.2 Å². The molecule has 1 aromatic rings. The van der Waals surface area contributed by atoms with E-state index in [4.69, 9.17) is 14.2 Å². The molecule has 1 amide bonds. The molecular formula is C22H31NO5. The van der Waals surface area contributed by atoms with E-state index in [1.165, 1.54) is 0 Å². The fourth-order valence-electron chi connectivity index (χ4n) is 4.83. The quantitative estimate of drug-likeness (QED) is 0.712. The summed E-state index contributed by atoms with van der Waals surface area (Å²) >= 11 is 0. The van der Waals surface area contributed by atoms with Gasteiger partial charge in [0.1, 0.15) is 11.2 Å². The van der Waals surface area contributed by atoms with Crippen molar-refractivity contribution in [2.45, 2.75) is 83.3 Å². The van der Waals surface area contributed by atoms with Crippen LogP contribution in [0.3, 0.4) is 0 Å². The fraction of sp³-hybridized carbons (Fsp3) is 0.682. The van der Waals surface area contributed by atoms with Gasteiger partial charge in [0.25, 0.3) is 0 Å². The monoisotopic (exact) mass is 389 g/mol. The minimum atomic E-state index is -0.522. The Hall–Kier alpha value is -1.95. The number of likely N-dealkylation sites (tertiary alicyclic amines) is 1. The van der Waals surface area contributed by atoms with Crippen molar-refractivity contribution in [3.8, 4) is 11.5 Å². The van der Waals surface area contributed by atoms with E-state index in [0.29, 0.717) is 12.3 Å². The summed E-state index contributed by atoms with van der Waals surface area (Å²) in [5, 5.41) is 10.3. The molecule has 0 saturated carbocycles. The molecule has 3 aliphatic rings. The summed E-state index contributed by atoms with van der Waals surface area (Å²) in [6.45, 7) is 10.4. The summed E-state index contributed by atoms with van der Waals surface area (Å²) in [5.41, 5.74) is -0.137. The molecule has 6 heteroatoms. The van der Waals surface area contributed by atoms with Gasteiger partial charge in [-0.25, -0.2) is 4.79 Å². The van der Waals surface area contributed by atoms with Crippen LogP contribution in [0.5, 0.6) is 11.5 Å². The number of aromatic hydroxyl groups is 1. The highest BCUT2D eigenvalue weighted by atomic mass is 16.6. The molecule has 1 aromatic carbocycles. The molecule has 4 rings (SSSR count). The zero-order valence-corrected chi connectivity index (χ0v) is 17.4. The standard InChI is InChI=1S/C22H31NO5/c1-21(2,3)28-20(25)23-11-7-10-17-15(23)12-14-18(26-17)13-8-6-9-16(24)19(13)27-22(14,4)5/h6,8-9,14-15,17-18,24H,7,10-12H2,1-5H3/t14-,15-,17-,18+/m1/s1. The normalized spacial score (nSPS) is 31.1. The van der Waals surface area contributed by atoms with Crippen molar-refractivity contribution in [1.82, 2.24) is 4.90 Å². The third-order valence-electron chi connectivity index (χ3n) is 6.12. The summed E-state index contributed by atoms with van der Waals surface area (Å²) in [6.07, 6.45) is 2.15. The number of fused-ring (bicyclic) bond motifs is 4. The lowest BCUT2D eigenvalue weighted by atomic mass is 9.72. The first-order valence-electron chi connectivity index (χ1n) is 10.2. The Morgan fingerprint density at radius 3 is 2.79 bits per heavy atom. The van der Waals surface area contributed by atoms with Crippen molar-refractivity contribution in [3.63, 3.8) is 0 Å². The minimum absolute atomic E-state index is 0.0217. The summed E-state index contributed by atoms with van der Waals surface area (Å²) in [4.78, 5) is 14.7. The van der Waals surface area contributed by atoms with Crippen molar-refractivity contribution in [3.05, 3.63) is 23.8 Å². The van der Waals surface area contributed by atoms with Crippen LogP contribution < -0.4 is 4.74 Å². The predicted molar refractivity (Wildman–Crippen MR) is 104 cm³/mol. The highest BCUT2D eigenvalue weighted by Gasteiger charge is 2.53. The van der Waals surface area contributed by atoms with E-state index < -0.39 is 11.2 Å². The van der Waals surface area contributed by atoms with Crippen molar-refractivity contribution in [1.29, 1.82) is 0 Å². The van der Waals surface area contributed by atoms with Crippen molar-refractivity contribution >= 4 is 6.09 Å². The van der Waals surface area contributed by atoms with Gasteiger partial charge in [0.15, 0.2) is 11.5 Å². The number of phenolic OH excluding ortho intramolecular Hbond substituents is 1. The van der Waals surface area contributed by atoms with E-state index in [0.717, 1.165) is 24.8 Å². The molecular weight excluding hydrogens is 358 g/mol. The zero-order chi connectivity index (χ0) is 20.3. The fourth-order valence-corrected chi connectivity index (χ4v) is 4.83. The molecule has 0 bridgehead atoms. The molecule has 1 N–H and O–H groups in total. The van der Waals surface area contributed by atoms with E-state index >= 15 is 0 Å². The van der Waals surface area contributed by atoms with Crippen LogP contribution in [0.2, 0.25) is 0 Å². The number of hydrogen-bond acceptors (Lipinski definition) is 5. The molecule has 3 aliphatic heterocycles. The van der Waals surface area contributed by atoms with Crippen LogP contribution in [-0.4, -0.2) is 46.0 Å². The van der Waals surface area contributed by atoms with Crippen LogP contribution in [0.25, 0.3) is 0 Å². The third-order valence-corrected chi connectivity index (χ3v) is 6.12. The first-order valence-corrected chi connectivity index (χ1v) is 10.2. The SMILES string of the molecule is CC(C)(C)OC(=O)N1CCC[C@H]2O[C@H]3c4cccc(O)c4OC(C)(C)[C@@H]3C[C@H]21. The molecule has 2 saturated heterocycles. The van der Waals surface area contributed by atoms with Gasteiger partial charge in [0.2, 0.25) is 0 Å². The minimum Gasteiger partial charge on any atom is -0.504 e. The van der Waals surface area contributed by atoms with Gasteiger partial charge in [-0.1, -0.05) is 12.1 Å². The zero-order valence-electron chi connectivity index (χ0n) is 17.4. The number of amides is 1. The lowest BCUT2D eigenvalue weighted by Gasteiger charge is -2.54. The maximum atomic E-state index is 12.8. The van der Waals surface area contributed by atoms with Crippen LogP contribution in [0.15, 0.2) is 18.2 Å². The number of para-hydroxylation sites is 1. The number of benzene rings is 1. The first-order chi connectivity index (χ1) is 13.1.